The molecule has 0 bridgehead atoms. The van der Waals surface area contributed by atoms with Gasteiger partial charge in [-0.15, -0.1) is 0 Å². The van der Waals surface area contributed by atoms with Gasteiger partial charge in [0.2, 0.25) is 12.2 Å². The first-order valence-corrected chi connectivity index (χ1v) is 7.92. The maximum Gasteiger partial charge on any atom is 0.235 e. The SMILES string of the molecule is CC(C1CCCCC1N=C=O)C1CCCCC1N=C=O. The van der Waals surface area contributed by atoms with E-state index in [0.29, 0.717) is 17.8 Å². The molecule has 4 atom stereocenters. The lowest BCUT2D eigenvalue weighted by atomic mass is 9.67. The molecule has 4 heteroatoms. The first-order chi connectivity index (χ1) is 9.77. The molecule has 0 N–H and O–H groups in total. The van der Waals surface area contributed by atoms with Crippen LogP contribution in [0.3, 0.4) is 0 Å². The van der Waals surface area contributed by atoms with Crippen molar-refractivity contribution in [3.05, 3.63) is 0 Å². The molecule has 0 aromatic rings. The lowest BCUT2D eigenvalue weighted by molar-refractivity contribution is 0.127. The highest BCUT2D eigenvalue weighted by atomic mass is 16.1. The van der Waals surface area contributed by atoms with Crippen molar-refractivity contribution in [3.8, 4) is 0 Å². The first-order valence-electron chi connectivity index (χ1n) is 7.92. The van der Waals surface area contributed by atoms with Gasteiger partial charge >= 0.3 is 0 Å². The smallest absolute Gasteiger partial charge is 0.211 e. The predicted molar refractivity (Wildman–Crippen MR) is 76.9 cm³/mol. The number of isocyanates is 2. The Kier molecular flexibility index (Phi) is 5.70. The standard InChI is InChI=1S/C16H24N2O2/c1-12(13-6-2-4-8-15(13)17-10-19)14-7-3-5-9-16(14)18-11-20/h12-16H,2-9H2,1H3. The van der Waals surface area contributed by atoms with Gasteiger partial charge in [-0.3, -0.25) is 0 Å². The molecule has 0 radical (unpaired) electrons. The molecular weight excluding hydrogens is 252 g/mol. The summed E-state index contributed by atoms with van der Waals surface area (Å²) in [7, 11) is 0. The quantitative estimate of drug-likeness (QED) is 0.583. The van der Waals surface area contributed by atoms with Gasteiger partial charge in [-0.2, -0.15) is 0 Å². The number of hydrogen-bond acceptors (Lipinski definition) is 4. The zero-order valence-electron chi connectivity index (χ0n) is 12.3. The van der Waals surface area contributed by atoms with Gasteiger partial charge in [0.15, 0.2) is 0 Å². The zero-order chi connectivity index (χ0) is 14.4. The monoisotopic (exact) mass is 276 g/mol. The summed E-state index contributed by atoms with van der Waals surface area (Å²) in [6.07, 6.45) is 12.5. The Bertz CT molecular complexity index is 373. The topological polar surface area (TPSA) is 58.9 Å². The maximum atomic E-state index is 10.6. The van der Waals surface area contributed by atoms with Crippen LogP contribution in [0.4, 0.5) is 0 Å². The van der Waals surface area contributed by atoms with Crippen LogP contribution in [0.2, 0.25) is 0 Å². The minimum absolute atomic E-state index is 0.124. The fourth-order valence-electron chi connectivity index (χ4n) is 4.28. The van der Waals surface area contributed by atoms with E-state index >= 15 is 0 Å². The summed E-state index contributed by atoms with van der Waals surface area (Å²) >= 11 is 0. The van der Waals surface area contributed by atoms with E-state index in [1.165, 1.54) is 12.8 Å². The van der Waals surface area contributed by atoms with Gasteiger partial charge in [-0.05, 0) is 43.4 Å². The summed E-state index contributed by atoms with van der Waals surface area (Å²) in [6.45, 7) is 2.26. The molecule has 2 fully saturated rings. The minimum atomic E-state index is 0.124. The van der Waals surface area contributed by atoms with Crippen molar-refractivity contribution >= 4 is 12.2 Å². The second kappa shape index (κ2) is 7.52. The van der Waals surface area contributed by atoms with Crippen molar-refractivity contribution in [2.24, 2.45) is 27.7 Å². The average Bonchev–Trinajstić information content (AvgIpc) is 2.48. The van der Waals surface area contributed by atoms with Gasteiger partial charge in [0.1, 0.15) is 0 Å². The summed E-state index contributed by atoms with van der Waals surface area (Å²) in [5.41, 5.74) is 0. The fraction of sp³-hybridized carbons (Fsp3) is 0.875. The normalized spacial score (nSPS) is 35.5. The van der Waals surface area contributed by atoms with Crippen LogP contribution >= 0.6 is 0 Å². The number of rotatable bonds is 4. The van der Waals surface area contributed by atoms with E-state index in [9.17, 15) is 9.59 Å². The molecule has 2 aliphatic carbocycles. The number of hydrogen-bond donors (Lipinski definition) is 0. The summed E-state index contributed by atoms with van der Waals surface area (Å²) in [5.74, 6) is 1.34. The third kappa shape index (κ3) is 3.45. The van der Waals surface area contributed by atoms with Crippen molar-refractivity contribution in [1.82, 2.24) is 0 Å². The van der Waals surface area contributed by atoms with E-state index in [0.717, 1.165) is 38.5 Å². The second-order valence-corrected chi connectivity index (χ2v) is 6.33. The molecule has 110 valence electrons. The van der Waals surface area contributed by atoms with Gasteiger partial charge in [-0.25, -0.2) is 19.6 Å². The van der Waals surface area contributed by atoms with Gasteiger partial charge in [0, 0.05) is 0 Å². The molecule has 0 amide bonds. The largest absolute Gasteiger partial charge is 0.235 e. The Labute approximate surface area is 120 Å². The van der Waals surface area contributed by atoms with Crippen LogP contribution in [0.1, 0.15) is 58.3 Å². The van der Waals surface area contributed by atoms with E-state index in [1.807, 2.05) is 0 Å². The zero-order valence-corrected chi connectivity index (χ0v) is 12.3. The Balaban J connectivity index is 2.11. The molecule has 0 heterocycles. The van der Waals surface area contributed by atoms with Crippen molar-refractivity contribution in [2.45, 2.75) is 70.4 Å². The van der Waals surface area contributed by atoms with Gasteiger partial charge in [-0.1, -0.05) is 32.6 Å². The maximum absolute atomic E-state index is 10.6. The number of carbonyl (C=O) groups excluding carboxylic acids is 2. The summed E-state index contributed by atoms with van der Waals surface area (Å²) in [6, 6.07) is 0.248. The van der Waals surface area contributed by atoms with E-state index in [4.69, 9.17) is 0 Å². The van der Waals surface area contributed by atoms with Crippen LogP contribution in [0.5, 0.6) is 0 Å². The molecule has 0 saturated heterocycles. The molecule has 2 saturated carbocycles. The fourth-order valence-corrected chi connectivity index (χ4v) is 4.28. The molecule has 0 spiro atoms. The van der Waals surface area contributed by atoms with E-state index in [2.05, 4.69) is 16.9 Å². The van der Waals surface area contributed by atoms with E-state index in [1.54, 1.807) is 12.2 Å². The van der Waals surface area contributed by atoms with Gasteiger partial charge in [0.05, 0.1) is 12.1 Å². The van der Waals surface area contributed by atoms with E-state index in [-0.39, 0.29) is 12.1 Å². The number of nitrogens with zero attached hydrogens (tertiary/aromatic N) is 2. The van der Waals surface area contributed by atoms with Gasteiger partial charge in [0.25, 0.3) is 0 Å². The molecule has 20 heavy (non-hydrogen) atoms. The number of aliphatic imine (C=N–C) groups is 2. The molecule has 0 aliphatic heterocycles. The molecule has 0 aromatic heterocycles. The van der Waals surface area contributed by atoms with Crippen molar-refractivity contribution in [3.63, 3.8) is 0 Å². The lowest BCUT2D eigenvalue weighted by Crippen LogP contribution is -2.38. The highest BCUT2D eigenvalue weighted by molar-refractivity contribution is 5.34. The van der Waals surface area contributed by atoms with Crippen LogP contribution in [0.15, 0.2) is 9.98 Å². The van der Waals surface area contributed by atoms with Crippen molar-refractivity contribution in [2.75, 3.05) is 0 Å². The van der Waals surface area contributed by atoms with Gasteiger partial charge < -0.3 is 0 Å². The van der Waals surface area contributed by atoms with Crippen molar-refractivity contribution in [1.29, 1.82) is 0 Å². The molecule has 4 nitrogen and oxygen atoms in total. The Morgan fingerprint density at radius 2 is 1.20 bits per heavy atom. The van der Waals surface area contributed by atoms with Crippen LogP contribution in [-0.2, 0) is 9.59 Å². The Morgan fingerprint density at radius 1 is 0.800 bits per heavy atom. The van der Waals surface area contributed by atoms with Crippen LogP contribution in [-0.4, -0.2) is 24.2 Å². The summed E-state index contributed by atoms with van der Waals surface area (Å²) in [5, 5.41) is 0. The van der Waals surface area contributed by atoms with Crippen LogP contribution in [0.25, 0.3) is 0 Å². The van der Waals surface area contributed by atoms with Crippen molar-refractivity contribution < 1.29 is 9.59 Å². The van der Waals surface area contributed by atoms with E-state index < -0.39 is 0 Å². The predicted octanol–water partition coefficient (Wildman–Crippen LogP) is 3.41. The summed E-state index contributed by atoms with van der Waals surface area (Å²) in [4.78, 5) is 29.3. The first kappa shape index (κ1) is 15.2. The molecule has 2 aliphatic rings. The molecule has 0 aromatic carbocycles. The molecule has 4 unspecified atom stereocenters. The Hall–Kier alpha value is -1.24. The summed E-state index contributed by atoms with van der Waals surface area (Å²) < 4.78 is 0. The average molecular weight is 276 g/mol. The Morgan fingerprint density at radius 3 is 1.60 bits per heavy atom. The molecular formula is C16H24N2O2. The molecule has 2 rings (SSSR count). The van der Waals surface area contributed by atoms with Crippen LogP contribution in [0, 0.1) is 17.8 Å². The highest BCUT2D eigenvalue weighted by Crippen LogP contribution is 2.41. The third-order valence-electron chi connectivity index (χ3n) is 5.35. The van der Waals surface area contributed by atoms with Crippen LogP contribution < -0.4 is 0 Å². The highest BCUT2D eigenvalue weighted by Gasteiger charge is 2.37. The third-order valence-corrected chi connectivity index (χ3v) is 5.35. The minimum Gasteiger partial charge on any atom is -0.211 e. The second-order valence-electron chi connectivity index (χ2n) is 6.33. The lowest BCUT2D eigenvalue weighted by Gasteiger charge is -2.40.